The quantitative estimate of drug-likeness (QED) is 0.880. The normalized spacial score (nSPS) is 20.2. The van der Waals surface area contributed by atoms with Gasteiger partial charge in [-0.3, -0.25) is 9.69 Å². The van der Waals surface area contributed by atoms with Crippen molar-refractivity contribution >= 4 is 11.9 Å². The number of urea groups is 1. The minimum atomic E-state index is -1.15. The van der Waals surface area contributed by atoms with Gasteiger partial charge in [0.2, 0.25) is 0 Å². The molecule has 6 heteroatoms. The number of nitrogens with one attached hydrogen (secondary N) is 1. The molecular weight excluding hydrogens is 306 g/mol. The van der Waals surface area contributed by atoms with Gasteiger partial charge >= 0.3 is 6.03 Å². The van der Waals surface area contributed by atoms with E-state index in [1.807, 2.05) is 0 Å². The maximum Gasteiger partial charge on any atom is 0.325 e. The fourth-order valence-electron chi connectivity index (χ4n) is 3.07. The van der Waals surface area contributed by atoms with Crippen molar-refractivity contribution in [1.82, 2.24) is 10.2 Å². The Labute approximate surface area is 139 Å². The second-order valence-corrected chi connectivity index (χ2v) is 6.09. The minimum absolute atomic E-state index is 0.117. The highest BCUT2D eigenvalue weighted by Gasteiger charge is 2.50. The molecule has 3 amide bonds. The van der Waals surface area contributed by atoms with E-state index >= 15 is 0 Å². The molecule has 1 aromatic carbocycles. The van der Waals surface area contributed by atoms with E-state index < -0.39 is 11.6 Å². The summed E-state index contributed by atoms with van der Waals surface area (Å²) >= 11 is 0. The van der Waals surface area contributed by atoms with E-state index in [9.17, 15) is 9.59 Å². The first-order valence-electron chi connectivity index (χ1n) is 7.56. The Balaban J connectivity index is 1.92. The number of hydrogen-bond acceptors (Lipinski definition) is 4. The molecule has 1 atom stereocenters. The molecule has 3 rings (SSSR count). The van der Waals surface area contributed by atoms with Crippen LogP contribution in [0.2, 0.25) is 0 Å². The molecule has 0 spiro atoms. The monoisotopic (exact) mass is 323 g/mol. The summed E-state index contributed by atoms with van der Waals surface area (Å²) < 4.78 is 5.50. The minimum Gasteiger partial charge on any atom is -0.466 e. The van der Waals surface area contributed by atoms with Gasteiger partial charge in [-0.2, -0.15) is 5.26 Å². The first-order chi connectivity index (χ1) is 11.3. The number of aryl methyl sites for hydroxylation is 2. The number of amides is 3. The topological polar surface area (TPSA) is 86.3 Å². The Hall–Kier alpha value is -3.07. The van der Waals surface area contributed by atoms with Gasteiger partial charge in [0.15, 0.2) is 0 Å². The third-order valence-corrected chi connectivity index (χ3v) is 4.25. The van der Waals surface area contributed by atoms with Crippen molar-refractivity contribution in [2.24, 2.45) is 0 Å². The van der Waals surface area contributed by atoms with E-state index in [1.165, 1.54) is 0 Å². The van der Waals surface area contributed by atoms with E-state index in [4.69, 9.17) is 9.68 Å². The molecule has 1 aromatic heterocycles. The summed E-state index contributed by atoms with van der Waals surface area (Å²) in [6.45, 7) is 5.36. The number of nitrogens with zero attached hydrogens (tertiary/aromatic N) is 2. The van der Waals surface area contributed by atoms with Gasteiger partial charge < -0.3 is 9.73 Å². The van der Waals surface area contributed by atoms with Crippen molar-refractivity contribution in [1.29, 1.82) is 5.26 Å². The van der Waals surface area contributed by atoms with Crippen LogP contribution in [0, 0.1) is 25.2 Å². The van der Waals surface area contributed by atoms with Crippen molar-refractivity contribution in [3.63, 3.8) is 0 Å². The molecule has 1 aliphatic heterocycles. The van der Waals surface area contributed by atoms with Gasteiger partial charge in [0.25, 0.3) is 5.91 Å². The van der Waals surface area contributed by atoms with Crippen molar-refractivity contribution in [3.8, 4) is 6.07 Å². The number of hydrogen-bond donors (Lipinski definition) is 1. The van der Waals surface area contributed by atoms with Crippen LogP contribution in [0.25, 0.3) is 0 Å². The van der Waals surface area contributed by atoms with Crippen LogP contribution in [0.15, 0.2) is 34.7 Å². The fraction of sp³-hybridized carbons (Fsp3) is 0.278. The number of imide groups is 1. The molecule has 0 bridgehead atoms. The van der Waals surface area contributed by atoms with E-state index in [0.29, 0.717) is 22.6 Å². The summed E-state index contributed by atoms with van der Waals surface area (Å²) in [5, 5.41) is 11.7. The highest BCUT2D eigenvalue weighted by molar-refractivity contribution is 6.07. The summed E-state index contributed by atoms with van der Waals surface area (Å²) in [6, 6.07) is 10.2. The standard InChI is InChI=1S/C18H17N3O3/c1-11-7-15(12(2)24-11)18(3)16(22)21(17(23)20-18)10-14-6-4-5-13(8-14)9-19/h4-8H,10H2,1-3H3,(H,20,23)/t18-/m1/s1. The second-order valence-electron chi connectivity index (χ2n) is 6.09. The van der Waals surface area contributed by atoms with Gasteiger partial charge in [0.1, 0.15) is 17.1 Å². The van der Waals surface area contributed by atoms with Crippen LogP contribution in [0.1, 0.15) is 35.1 Å². The molecular formula is C18H17N3O3. The summed E-state index contributed by atoms with van der Waals surface area (Å²) in [5.74, 6) is 0.960. The number of nitriles is 1. The van der Waals surface area contributed by atoms with Crippen LogP contribution in [-0.2, 0) is 16.9 Å². The number of furan rings is 1. The van der Waals surface area contributed by atoms with Crippen molar-refractivity contribution in [2.45, 2.75) is 32.9 Å². The lowest BCUT2D eigenvalue weighted by Crippen LogP contribution is -2.41. The van der Waals surface area contributed by atoms with E-state index in [1.54, 1.807) is 51.1 Å². The van der Waals surface area contributed by atoms with Crippen LogP contribution < -0.4 is 5.32 Å². The fourth-order valence-corrected chi connectivity index (χ4v) is 3.07. The third-order valence-electron chi connectivity index (χ3n) is 4.25. The van der Waals surface area contributed by atoms with Crippen LogP contribution in [0.5, 0.6) is 0 Å². The van der Waals surface area contributed by atoms with Crippen LogP contribution in [-0.4, -0.2) is 16.8 Å². The van der Waals surface area contributed by atoms with Gasteiger partial charge in [0, 0.05) is 5.56 Å². The largest absolute Gasteiger partial charge is 0.466 e. The lowest BCUT2D eigenvalue weighted by molar-refractivity contribution is -0.131. The maximum atomic E-state index is 12.9. The lowest BCUT2D eigenvalue weighted by Gasteiger charge is -2.21. The molecule has 122 valence electrons. The Kier molecular flexibility index (Phi) is 3.64. The molecule has 1 fully saturated rings. The molecule has 24 heavy (non-hydrogen) atoms. The van der Waals surface area contributed by atoms with Gasteiger partial charge in [0.05, 0.1) is 18.2 Å². The van der Waals surface area contributed by atoms with Crippen LogP contribution in [0.4, 0.5) is 4.79 Å². The Morgan fingerprint density at radius 2 is 2.04 bits per heavy atom. The summed E-state index contributed by atoms with van der Waals surface area (Å²) in [5.41, 5.74) is 0.725. The average molecular weight is 323 g/mol. The first kappa shape index (κ1) is 15.8. The van der Waals surface area contributed by atoms with Crippen LogP contribution in [0.3, 0.4) is 0 Å². The average Bonchev–Trinajstić information content (AvgIpc) is 3.00. The van der Waals surface area contributed by atoms with Crippen LogP contribution >= 0.6 is 0 Å². The predicted molar refractivity (Wildman–Crippen MR) is 85.8 cm³/mol. The highest BCUT2D eigenvalue weighted by atomic mass is 16.3. The number of rotatable bonds is 3. The molecule has 2 heterocycles. The van der Waals surface area contributed by atoms with E-state index in [0.717, 1.165) is 10.5 Å². The lowest BCUT2D eigenvalue weighted by atomic mass is 9.92. The van der Waals surface area contributed by atoms with Gasteiger partial charge in [-0.1, -0.05) is 12.1 Å². The summed E-state index contributed by atoms with van der Waals surface area (Å²) in [4.78, 5) is 26.4. The van der Waals surface area contributed by atoms with Gasteiger partial charge in [-0.25, -0.2) is 4.79 Å². The van der Waals surface area contributed by atoms with Crippen molar-refractivity contribution < 1.29 is 14.0 Å². The van der Waals surface area contributed by atoms with Gasteiger partial charge in [-0.05, 0) is 44.5 Å². The maximum absolute atomic E-state index is 12.9. The zero-order valence-corrected chi connectivity index (χ0v) is 13.7. The Bertz CT molecular complexity index is 878. The number of benzene rings is 1. The molecule has 0 saturated carbocycles. The second kappa shape index (κ2) is 5.53. The molecule has 1 saturated heterocycles. The Morgan fingerprint density at radius 3 is 2.67 bits per heavy atom. The number of carbonyl (C=O) groups is 2. The molecule has 0 unspecified atom stereocenters. The molecule has 0 radical (unpaired) electrons. The summed E-state index contributed by atoms with van der Waals surface area (Å²) in [6.07, 6.45) is 0. The predicted octanol–water partition coefficient (Wildman–Crippen LogP) is 2.74. The highest BCUT2D eigenvalue weighted by Crippen LogP contribution is 2.33. The molecule has 2 aromatic rings. The Morgan fingerprint density at radius 1 is 1.29 bits per heavy atom. The molecule has 6 nitrogen and oxygen atoms in total. The zero-order valence-electron chi connectivity index (χ0n) is 13.7. The first-order valence-corrected chi connectivity index (χ1v) is 7.56. The molecule has 0 aliphatic carbocycles. The summed E-state index contributed by atoms with van der Waals surface area (Å²) in [7, 11) is 0. The molecule has 1 N–H and O–H groups in total. The smallest absolute Gasteiger partial charge is 0.325 e. The third kappa shape index (κ3) is 2.44. The van der Waals surface area contributed by atoms with E-state index in [2.05, 4.69) is 11.4 Å². The van der Waals surface area contributed by atoms with E-state index in [-0.39, 0.29) is 12.5 Å². The van der Waals surface area contributed by atoms with Crippen molar-refractivity contribution in [2.75, 3.05) is 0 Å². The molecule has 1 aliphatic rings. The van der Waals surface area contributed by atoms with Gasteiger partial charge in [-0.15, -0.1) is 0 Å². The number of carbonyl (C=O) groups excluding carboxylic acids is 2. The van der Waals surface area contributed by atoms with Crippen molar-refractivity contribution in [3.05, 3.63) is 58.5 Å². The zero-order chi connectivity index (χ0) is 17.5. The SMILES string of the molecule is Cc1cc([C@@]2(C)NC(=O)N(Cc3cccc(C#N)c3)C2=O)c(C)o1.